The van der Waals surface area contributed by atoms with Crippen LogP contribution in [0.1, 0.15) is 35.1 Å². The maximum atomic E-state index is 13.1. The average molecular weight is 496 g/mol. The number of hydrogen-bond acceptors (Lipinski definition) is 4. The van der Waals surface area contributed by atoms with Crippen LogP contribution in [0.2, 0.25) is 0 Å². The summed E-state index contributed by atoms with van der Waals surface area (Å²) in [4.78, 5) is 31.9. The minimum absolute atomic E-state index is 0.0126. The molecule has 0 bridgehead atoms. The van der Waals surface area contributed by atoms with Crippen LogP contribution in [0.25, 0.3) is 17.1 Å². The van der Waals surface area contributed by atoms with Crippen molar-refractivity contribution >= 4 is 11.6 Å². The fourth-order valence-corrected chi connectivity index (χ4v) is 3.93. The lowest BCUT2D eigenvalue weighted by molar-refractivity contribution is -0.137. The Bertz CT molecular complexity index is 1490. The van der Waals surface area contributed by atoms with Crippen molar-refractivity contribution in [1.29, 1.82) is 0 Å². The summed E-state index contributed by atoms with van der Waals surface area (Å²) >= 11 is 0. The van der Waals surface area contributed by atoms with Gasteiger partial charge < -0.3 is 10.3 Å². The maximum absolute atomic E-state index is 13.1. The molecule has 10 heteroatoms. The Hall–Kier alpha value is -4.21. The number of nitrogens with one attached hydrogen (secondary N) is 2. The normalized spacial score (nSPS) is 11.5. The molecule has 0 saturated heterocycles. The Morgan fingerprint density at radius 2 is 1.83 bits per heavy atom. The zero-order chi connectivity index (χ0) is 26.0. The van der Waals surface area contributed by atoms with Crippen LogP contribution in [-0.4, -0.2) is 25.7 Å². The van der Waals surface area contributed by atoms with Gasteiger partial charge in [-0.15, -0.1) is 0 Å². The Morgan fingerprint density at radius 3 is 2.56 bits per heavy atom. The molecule has 0 saturated carbocycles. The van der Waals surface area contributed by atoms with Gasteiger partial charge in [0.1, 0.15) is 5.82 Å². The van der Waals surface area contributed by atoms with E-state index in [1.807, 2.05) is 6.92 Å². The molecule has 2 aromatic heterocycles. The molecule has 1 amide bonds. The van der Waals surface area contributed by atoms with Crippen molar-refractivity contribution in [1.82, 2.24) is 19.7 Å². The van der Waals surface area contributed by atoms with Crippen molar-refractivity contribution in [3.8, 4) is 17.1 Å². The predicted octanol–water partition coefficient (Wildman–Crippen LogP) is 5.00. The van der Waals surface area contributed by atoms with Gasteiger partial charge in [0.15, 0.2) is 0 Å². The van der Waals surface area contributed by atoms with Gasteiger partial charge in [-0.2, -0.15) is 18.3 Å². The molecule has 186 valence electrons. The highest BCUT2D eigenvalue weighted by molar-refractivity contribution is 5.93. The molecule has 2 N–H and O–H groups in total. The molecule has 0 aliphatic carbocycles. The molecule has 7 nitrogen and oxygen atoms in total. The lowest BCUT2D eigenvalue weighted by Gasteiger charge is -2.10. The van der Waals surface area contributed by atoms with E-state index in [0.29, 0.717) is 46.1 Å². The third-order valence-electron chi connectivity index (χ3n) is 5.77. The minimum atomic E-state index is -4.47. The van der Waals surface area contributed by atoms with E-state index in [-0.39, 0.29) is 23.6 Å². The molecule has 0 aliphatic rings. The third kappa shape index (κ3) is 5.37. The van der Waals surface area contributed by atoms with Crippen molar-refractivity contribution in [3.05, 3.63) is 93.2 Å². The average Bonchev–Trinajstić information content (AvgIpc) is 3.11. The van der Waals surface area contributed by atoms with Crippen molar-refractivity contribution in [2.24, 2.45) is 0 Å². The first-order valence-corrected chi connectivity index (χ1v) is 11.3. The standard InChI is InChI=1S/C26H24F3N5O2/c1-4-19-13-23(35)32-25(31-19)17-7-5-9-20(11-17)30-24(36)14-22-15(2)33-34(16(22)3)21-10-6-8-18(12-21)26(27,28)29/h5-13H,4,14H2,1-3H3,(H,30,36)(H,31,32,35). The zero-order valence-electron chi connectivity index (χ0n) is 19.9. The van der Waals surface area contributed by atoms with Gasteiger partial charge in [-0.1, -0.05) is 25.1 Å². The SMILES string of the molecule is CCc1cc(=O)[nH]c(-c2cccc(NC(=O)Cc3c(C)nn(-c4cccc(C(F)(F)F)c4)c3C)c2)n1. The number of carbonyl (C=O) groups is 1. The number of nitrogens with zero attached hydrogens (tertiary/aromatic N) is 3. The highest BCUT2D eigenvalue weighted by atomic mass is 19.4. The number of rotatable bonds is 6. The highest BCUT2D eigenvalue weighted by Crippen LogP contribution is 2.31. The monoisotopic (exact) mass is 495 g/mol. The fraction of sp³-hybridized carbons (Fsp3) is 0.231. The number of amides is 1. The molecule has 2 heterocycles. The second kappa shape index (κ2) is 9.80. The summed E-state index contributed by atoms with van der Waals surface area (Å²) in [5.41, 5.74) is 2.81. The molecule has 0 fully saturated rings. The van der Waals surface area contributed by atoms with E-state index in [1.165, 1.54) is 22.9 Å². The molecule has 36 heavy (non-hydrogen) atoms. The summed E-state index contributed by atoms with van der Waals surface area (Å²) in [7, 11) is 0. The molecule has 2 aromatic carbocycles. The minimum Gasteiger partial charge on any atom is -0.326 e. The number of benzene rings is 2. The first-order chi connectivity index (χ1) is 17.0. The molecule has 0 unspecified atom stereocenters. The molecule has 0 radical (unpaired) electrons. The summed E-state index contributed by atoms with van der Waals surface area (Å²) in [6, 6.07) is 13.3. The van der Waals surface area contributed by atoms with Crippen molar-refractivity contribution in [2.45, 2.75) is 39.8 Å². The van der Waals surface area contributed by atoms with Crippen LogP contribution < -0.4 is 10.9 Å². The van der Waals surface area contributed by atoms with E-state index in [2.05, 4.69) is 20.4 Å². The van der Waals surface area contributed by atoms with E-state index in [0.717, 1.165) is 12.1 Å². The smallest absolute Gasteiger partial charge is 0.326 e. The number of halogens is 3. The molecular formula is C26H24F3N5O2. The van der Waals surface area contributed by atoms with E-state index in [4.69, 9.17) is 0 Å². The van der Waals surface area contributed by atoms with E-state index in [1.54, 1.807) is 38.1 Å². The first-order valence-electron chi connectivity index (χ1n) is 11.3. The largest absolute Gasteiger partial charge is 0.416 e. The Kier molecular flexibility index (Phi) is 6.78. The van der Waals surface area contributed by atoms with E-state index >= 15 is 0 Å². The van der Waals surface area contributed by atoms with Crippen LogP contribution in [0.3, 0.4) is 0 Å². The number of H-pyrrole nitrogens is 1. The Morgan fingerprint density at radius 1 is 1.08 bits per heavy atom. The summed E-state index contributed by atoms with van der Waals surface area (Å²) in [6.45, 7) is 5.33. The van der Waals surface area contributed by atoms with Gasteiger partial charge in [-0.05, 0) is 50.6 Å². The van der Waals surface area contributed by atoms with Gasteiger partial charge in [0, 0.05) is 34.3 Å². The second-order valence-electron chi connectivity index (χ2n) is 8.35. The van der Waals surface area contributed by atoms with Gasteiger partial charge >= 0.3 is 6.18 Å². The molecule has 0 atom stereocenters. The maximum Gasteiger partial charge on any atom is 0.416 e. The zero-order valence-corrected chi connectivity index (χ0v) is 19.9. The molecule has 4 rings (SSSR count). The fourth-order valence-electron chi connectivity index (χ4n) is 3.93. The number of aromatic nitrogens is 4. The molecule has 0 spiro atoms. The quantitative estimate of drug-likeness (QED) is 0.394. The molecule has 4 aromatic rings. The van der Waals surface area contributed by atoms with Crippen LogP contribution >= 0.6 is 0 Å². The second-order valence-corrected chi connectivity index (χ2v) is 8.35. The van der Waals surface area contributed by atoms with E-state index in [9.17, 15) is 22.8 Å². The number of aromatic amines is 1. The number of anilines is 1. The summed E-state index contributed by atoms with van der Waals surface area (Å²) < 4.78 is 40.8. The highest BCUT2D eigenvalue weighted by Gasteiger charge is 2.30. The van der Waals surface area contributed by atoms with Crippen LogP contribution in [0.5, 0.6) is 0 Å². The van der Waals surface area contributed by atoms with Crippen molar-refractivity contribution < 1.29 is 18.0 Å². The Balaban J connectivity index is 1.55. The van der Waals surface area contributed by atoms with Crippen molar-refractivity contribution in [3.63, 3.8) is 0 Å². The van der Waals surface area contributed by atoms with Crippen LogP contribution in [0.4, 0.5) is 18.9 Å². The van der Waals surface area contributed by atoms with Crippen LogP contribution in [-0.2, 0) is 23.8 Å². The number of aryl methyl sites for hydroxylation is 2. The van der Waals surface area contributed by atoms with Gasteiger partial charge in [0.2, 0.25) is 5.91 Å². The lowest BCUT2D eigenvalue weighted by atomic mass is 10.1. The summed E-state index contributed by atoms with van der Waals surface area (Å²) in [5.74, 6) is 0.0928. The number of alkyl halides is 3. The molecular weight excluding hydrogens is 471 g/mol. The summed E-state index contributed by atoms with van der Waals surface area (Å²) in [5, 5.41) is 7.20. The topological polar surface area (TPSA) is 92.7 Å². The van der Waals surface area contributed by atoms with Gasteiger partial charge in [-0.3, -0.25) is 9.59 Å². The molecule has 0 aliphatic heterocycles. The summed E-state index contributed by atoms with van der Waals surface area (Å²) in [6.07, 6.45) is -3.87. The van der Waals surface area contributed by atoms with E-state index < -0.39 is 11.7 Å². The van der Waals surface area contributed by atoms with Gasteiger partial charge in [-0.25, -0.2) is 9.67 Å². The van der Waals surface area contributed by atoms with Gasteiger partial charge in [0.25, 0.3) is 5.56 Å². The van der Waals surface area contributed by atoms with Crippen LogP contribution in [0, 0.1) is 13.8 Å². The number of carbonyl (C=O) groups excluding carboxylic acids is 1. The Labute approximate surface area is 205 Å². The number of hydrogen-bond donors (Lipinski definition) is 2. The van der Waals surface area contributed by atoms with Crippen LogP contribution in [0.15, 0.2) is 59.4 Å². The van der Waals surface area contributed by atoms with Gasteiger partial charge in [0.05, 0.1) is 23.4 Å². The first kappa shape index (κ1) is 24.9. The lowest BCUT2D eigenvalue weighted by Crippen LogP contribution is -2.15. The van der Waals surface area contributed by atoms with Crippen molar-refractivity contribution in [2.75, 3.05) is 5.32 Å². The third-order valence-corrected chi connectivity index (χ3v) is 5.77. The predicted molar refractivity (Wildman–Crippen MR) is 130 cm³/mol.